The average molecular weight is 437 g/mol. The van der Waals surface area contributed by atoms with E-state index in [9.17, 15) is 19.2 Å². The van der Waals surface area contributed by atoms with Crippen LogP contribution in [0.4, 0.5) is 0 Å². The van der Waals surface area contributed by atoms with Crippen molar-refractivity contribution in [3.05, 3.63) is 35.9 Å². The van der Waals surface area contributed by atoms with Gasteiger partial charge in [-0.15, -0.1) is 0 Å². The summed E-state index contributed by atoms with van der Waals surface area (Å²) in [6.45, 7) is 4.72. The molecule has 1 amide bonds. The van der Waals surface area contributed by atoms with Crippen LogP contribution in [0.25, 0.3) is 0 Å². The number of rotatable bonds is 8. The molecule has 170 valence electrons. The minimum absolute atomic E-state index is 0.132. The van der Waals surface area contributed by atoms with Crippen molar-refractivity contribution in [2.75, 3.05) is 6.61 Å². The molecule has 1 aromatic rings. The number of carbonyl (C=O) groups excluding carboxylic acids is 4. The zero-order valence-electron chi connectivity index (χ0n) is 17.9. The minimum atomic E-state index is -1.14. The number of carbonyl (C=O) groups is 4. The Kier molecular flexibility index (Phi) is 8.95. The molecule has 31 heavy (non-hydrogen) atoms. The number of esters is 3. The Bertz CT molecular complexity index is 782. The van der Waals surface area contributed by atoms with Crippen LogP contribution in [-0.4, -0.2) is 61.1 Å². The van der Waals surface area contributed by atoms with E-state index in [4.69, 9.17) is 23.7 Å². The van der Waals surface area contributed by atoms with Gasteiger partial charge in [0, 0.05) is 27.7 Å². The fraction of sp³-hybridized carbons (Fsp3) is 0.524. The molecule has 10 nitrogen and oxygen atoms in total. The van der Waals surface area contributed by atoms with Gasteiger partial charge < -0.3 is 29.0 Å². The molecule has 1 aliphatic rings. The van der Waals surface area contributed by atoms with Crippen molar-refractivity contribution in [3.8, 4) is 0 Å². The van der Waals surface area contributed by atoms with Crippen LogP contribution in [0.15, 0.2) is 30.3 Å². The van der Waals surface area contributed by atoms with Crippen molar-refractivity contribution in [2.45, 2.75) is 64.9 Å². The van der Waals surface area contributed by atoms with Crippen LogP contribution in [0, 0.1) is 0 Å². The molecule has 1 aliphatic heterocycles. The van der Waals surface area contributed by atoms with Crippen LogP contribution in [0.1, 0.15) is 33.3 Å². The first-order valence-corrected chi connectivity index (χ1v) is 9.73. The van der Waals surface area contributed by atoms with E-state index in [1.165, 1.54) is 27.7 Å². The van der Waals surface area contributed by atoms with Crippen LogP contribution in [0.3, 0.4) is 0 Å². The van der Waals surface area contributed by atoms with Gasteiger partial charge in [0.1, 0.15) is 18.8 Å². The summed E-state index contributed by atoms with van der Waals surface area (Å²) in [6.07, 6.45) is -4.36. The molecular formula is C21H27NO9. The van der Waals surface area contributed by atoms with Gasteiger partial charge in [-0.3, -0.25) is 19.2 Å². The zero-order chi connectivity index (χ0) is 23.0. The van der Waals surface area contributed by atoms with E-state index in [1.807, 2.05) is 30.3 Å². The maximum atomic E-state index is 11.8. The predicted octanol–water partition coefficient (Wildman–Crippen LogP) is 0.859. The summed E-state index contributed by atoms with van der Waals surface area (Å²) in [5, 5.41) is 2.65. The quantitative estimate of drug-likeness (QED) is 0.465. The molecule has 0 saturated carbocycles. The first kappa shape index (κ1) is 24.3. The van der Waals surface area contributed by atoms with Crippen molar-refractivity contribution in [3.63, 3.8) is 0 Å². The molecule has 0 aliphatic carbocycles. The molecule has 1 heterocycles. The largest absolute Gasteiger partial charge is 0.463 e. The summed E-state index contributed by atoms with van der Waals surface area (Å²) in [6, 6.07) is 8.25. The molecule has 0 radical (unpaired) electrons. The molecule has 1 fully saturated rings. The van der Waals surface area contributed by atoms with Crippen molar-refractivity contribution in [1.82, 2.24) is 5.32 Å². The van der Waals surface area contributed by atoms with E-state index < -0.39 is 54.5 Å². The lowest BCUT2D eigenvalue weighted by Gasteiger charge is -2.44. The van der Waals surface area contributed by atoms with Gasteiger partial charge in [0.15, 0.2) is 18.5 Å². The number of hydrogen-bond acceptors (Lipinski definition) is 9. The molecule has 1 saturated heterocycles. The first-order chi connectivity index (χ1) is 14.7. The third kappa shape index (κ3) is 7.65. The molecule has 5 atom stereocenters. The Labute approximate surface area is 180 Å². The van der Waals surface area contributed by atoms with Gasteiger partial charge in [-0.2, -0.15) is 0 Å². The molecule has 2 rings (SSSR count). The van der Waals surface area contributed by atoms with Gasteiger partial charge in [-0.1, -0.05) is 30.3 Å². The lowest BCUT2D eigenvalue weighted by Crippen LogP contribution is -2.66. The van der Waals surface area contributed by atoms with Gasteiger partial charge in [-0.05, 0) is 5.56 Å². The summed E-state index contributed by atoms with van der Waals surface area (Å²) >= 11 is 0. The highest BCUT2D eigenvalue weighted by atomic mass is 16.7. The molecule has 0 unspecified atom stereocenters. The van der Waals surface area contributed by atoms with Crippen LogP contribution in [0.2, 0.25) is 0 Å². The molecule has 0 bridgehead atoms. The Hall–Kier alpha value is -2.98. The van der Waals surface area contributed by atoms with Crippen molar-refractivity contribution in [1.29, 1.82) is 0 Å². The van der Waals surface area contributed by atoms with E-state index in [2.05, 4.69) is 5.32 Å². The third-order valence-electron chi connectivity index (χ3n) is 4.33. The molecule has 10 heteroatoms. The standard InChI is InChI=1S/C21H27NO9/c1-12(23)22-18-20(30-15(4)26)19(29-14(3)25)17(11-27-13(2)24)31-21(18)28-10-16-8-6-5-7-9-16/h5-9,17-21H,10-11H2,1-4H3,(H,22,23)/t17-,18+,19+,20-,21-/m0/s1. The second-order valence-corrected chi connectivity index (χ2v) is 7.02. The number of amides is 1. The molecular weight excluding hydrogens is 410 g/mol. The van der Waals surface area contributed by atoms with E-state index in [0.29, 0.717) is 0 Å². The van der Waals surface area contributed by atoms with Crippen molar-refractivity contribution >= 4 is 23.8 Å². The van der Waals surface area contributed by atoms with Gasteiger partial charge in [0.2, 0.25) is 5.91 Å². The zero-order valence-corrected chi connectivity index (χ0v) is 17.9. The fourth-order valence-corrected chi connectivity index (χ4v) is 3.19. The van der Waals surface area contributed by atoms with Gasteiger partial charge in [0.05, 0.1) is 6.61 Å². The topological polar surface area (TPSA) is 126 Å². The van der Waals surface area contributed by atoms with Crippen molar-refractivity contribution < 1.29 is 42.9 Å². The SMILES string of the molecule is CC(=O)N[C@H]1[C@@H](OCc2ccccc2)O[C@@H](COC(C)=O)[C@@H](OC(C)=O)[C@H]1OC(C)=O. The van der Waals surface area contributed by atoms with Gasteiger partial charge in [0.25, 0.3) is 0 Å². The third-order valence-corrected chi connectivity index (χ3v) is 4.33. The van der Waals surface area contributed by atoms with Crippen LogP contribution in [0.5, 0.6) is 0 Å². The van der Waals surface area contributed by atoms with E-state index in [1.54, 1.807) is 0 Å². The Morgan fingerprint density at radius 1 is 0.903 bits per heavy atom. The normalized spacial score (nSPS) is 25.2. The second kappa shape index (κ2) is 11.4. The molecule has 0 aromatic heterocycles. The van der Waals surface area contributed by atoms with E-state index in [0.717, 1.165) is 5.56 Å². The van der Waals surface area contributed by atoms with Crippen molar-refractivity contribution in [2.24, 2.45) is 0 Å². The molecule has 1 N–H and O–H groups in total. The maximum absolute atomic E-state index is 11.8. The Morgan fingerprint density at radius 2 is 1.52 bits per heavy atom. The highest BCUT2D eigenvalue weighted by molar-refractivity contribution is 5.73. The molecule has 1 aromatic carbocycles. The summed E-state index contributed by atoms with van der Waals surface area (Å²) in [4.78, 5) is 46.7. The second-order valence-electron chi connectivity index (χ2n) is 7.02. The number of ether oxygens (including phenoxy) is 5. The average Bonchev–Trinajstić information content (AvgIpc) is 2.68. The predicted molar refractivity (Wildman–Crippen MR) is 105 cm³/mol. The summed E-state index contributed by atoms with van der Waals surface area (Å²) < 4.78 is 27.6. The Morgan fingerprint density at radius 3 is 2.06 bits per heavy atom. The van der Waals surface area contributed by atoms with Gasteiger partial charge in [-0.25, -0.2) is 0 Å². The minimum Gasteiger partial charge on any atom is -0.463 e. The number of benzene rings is 1. The smallest absolute Gasteiger partial charge is 0.303 e. The Balaban J connectivity index is 2.35. The summed E-state index contributed by atoms with van der Waals surface area (Å²) in [5.74, 6) is -2.32. The first-order valence-electron chi connectivity index (χ1n) is 9.73. The van der Waals surface area contributed by atoms with Crippen LogP contribution >= 0.6 is 0 Å². The van der Waals surface area contributed by atoms with Crippen LogP contribution < -0.4 is 5.32 Å². The highest BCUT2D eigenvalue weighted by Gasteiger charge is 2.51. The highest BCUT2D eigenvalue weighted by Crippen LogP contribution is 2.28. The lowest BCUT2D eigenvalue weighted by atomic mass is 9.96. The molecule has 0 spiro atoms. The van der Waals surface area contributed by atoms with Gasteiger partial charge >= 0.3 is 17.9 Å². The fourth-order valence-electron chi connectivity index (χ4n) is 3.19. The van der Waals surface area contributed by atoms with E-state index in [-0.39, 0.29) is 13.2 Å². The maximum Gasteiger partial charge on any atom is 0.303 e. The lowest BCUT2D eigenvalue weighted by molar-refractivity contribution is -0.280. The number of nitrogens with one attached hydrogen (secondary N) is 1. The van der Waals surface area contributed by atoms with E-state index >= 15 is 0 Å². The summed E-state index contributed by atoms with van der Waals surface area (Å²) in [7, 11) is 0. The monoisotopic (exact) mass is 437 g/mol. The summed E-state index contributed by atoms with van der Waals surface area (Å²) in [5.41, 5.74) is 0.843. The number of hydrogen-bond donors (Lipinski definition) is 1. The van der Waals surface area contributed by atoms with Crippen LogP contribution in [-0.2, 0) is 49.5 Å².